The Morgan fingerprint density at radius 2 is 1.83 bits per heavy atom. The molecular weight excluding hydrogens is 162 g/mol. The highest BCUT2D eigenvalue weighted by atomic mass is 16.2. The Balaban J connectivity index is 0.000000202. The van der Waals surface area contributed by atoms with Gasteiger partial charge in [0, 0.05) is 6.20 Å². The van der Waals surface area contributed by atoms with Crippen LogP contribution in [-0.4, -0.2) is 21.2 Å². The fourth-order valence-electron chi connectivity index (χ4n) is 0.247. The molecule has 66 valence electrons. The minimum Gasteiger partial charge on any atom is -0.275 e. The van der Waals surface area contributed by atoms with Crippen molar-refractivity contribution in [3.8, 4) is 0 Å². The van der Waals surface area contributed by atoms with Crippen LogP contribution in [0.4, 0.5) is 4.79 Å². The molecule has 0 aromatic carbocycles. The predicted octanol–water partition coefficient (Wildman–Crippen LogP) is -2.10. The van der Waals surface area contributed by atoms with Gasteiger partial charge in [-0.05, 0) is 0 Å². The molecule has 0 bridgehead atoms. The first kappa shape index (κ1) is 10.2. The van der Waals surface area contributed by atoms with Crippen molar-refractivity contribution in [3.63, 3.8) is 0 Å². The van der Waals surface area contributed by atoms with Gasteiger partial charge in [0.05, 0.1) is 6.20 Å². The van der Waals surface area contributed by atoms with Gasteiger partial charge < -0.3 is 0 Å². The molecule has 1 aromatic rings. The summed E-state index contributed by atoms with van der Waals surface area (Å²) < 4.78 is 0. The predicted molar refractivity (Wildman–Crippen MR) is 39.9 cm³/mol. The summed E-state index contributed by atoms with van der Waals surface area (Å²) in [7, 11) is 0. The van der Waals surface area contributed by atoms with Crippen LogP contribution < -0.4 is 22.5 Å². The third kappa shape index (κ3) is 6.32. The molecule has 8 heteroatoms. The number of amides is 2. The van der Waals surface area contributed by atoms with Gasteiger partial charge in [-0.3, -0.25) is 10.9 Å². The van der Waals surface area contributed by atoms with Crippen LogP contribution in [0.25, 0.3) is 0 Å². The highest BCUT2D eigenvalue weighted by molar-refractivity contribution is 5.72. The molecule has 0 aliphatic carbocycles. The summed E-state index contributed by atoms with van der Waals surface area (Å²) in [6.45, 7) is 0. The van der Waals surface area contributed by atoms with E-state index in [1.54, 1.807) is 17.0 Å². The minimum absolute atomic E-state index is 0.602. The number of nitrogens with two attached hydrogens (primary N) is 2. The second kappa shape index (κ2) is 7.31. The van der Waals surface area contributed by atoms with Crippen molar-refractivity contribution < 1.29 is 4.79 Å². The summed E-state index contributed by atoms with van der Waals surface area (Å²) in [6, 6.07) is -0.602. The van der Waals surface area contributed by atoms with E-state index in [1.807, 2.05) is 0 Å². The summed E-state index contributed by atoms with van der Waals surface area (Å²) in [5, 5.41) is 6.90. The lowest BCUT2D eigenvalue weighted by Crippen LogP contribution is -2.43. The first-order valence-corrected chi connectivity index (χ1v) is 2.85. The monoisotopic (exact) mass is 171 g/mol. The van der Waals surface area contributed by atoms with E-state index in [-0.39, 0.29) is 0 Å². The molecule has 12 heavy (non-hydrogen) atoms. The van der Waals surface area contributed by atoms with Crippen molar-refractivity contribution in [1.29, 1.82) is 0 Å². The molecule has 0 aliphatic heterocycles. The zero-order valence-electron chi connectivity index (χ0n) is 6.14. The Kier molecular flexibility index (Phi) is 6.21. The van der Waals surface area contributed by atoms with Crippen LogP contribution in [0.5, 0.6) is 0 Å². The summed E-state index contributed by atoms with van der Waals surface area (Å²) in [5.74, 6) is 9.08. The SMILES string of the molecule is NNC(=O)NN.c1cnncn1. The quantitative estimate of drug-likeness (QED) is 0.201. The van der Waals surface area contributed by atoms with Crippen molar-refractivity contribution >= 4 is 6.03 Å². The summed E-state index contributed by atoms with van der Waals surface area (Å²) in [5.41, 5.74) is 3.48. The van der Waals surface area contributed by atoms with E-state index in [0.717, 1.165) is 0 Å². The lowest BCUT2D eigenvalue weighted by molar-refractivity contribution is 0.241. The fraction of sp³-hybridized carbons (Fsp3) is 0. The van der Waals surface area contributed by atoms with Crippen LogP contribution in [0.1, 0.15) is 0 Å². The molecule has 0 aliphatic rings. The summed E-state index contributed by atoms with van der Waals surface area (Å²) >= 11 is 0. The Bertz CT molecular complexity index is 169. The number of rotatable bonds is 0. The third-order valence-electron chi connectivity index (χ3n) is 0.667. The number of urea groups is 1. The van der Waals surface area contributed by atoms with Gasteiger partial charge in [-0.1, -0.05) is 0 Å². The van der Waals surface area contributed by atoms with Gasteiger partial charge >= 0.3 is 6.03 Å². The van der Waals surface area contributed by atoms with Gasteiger partial charge in [0.2, 0.25) is 0 Å². The molecule has 0 atom stereocenters. The zero-order chi connectivity index (χ0) is 9.23. The lowest BCUT2D eigenvalue weighted by atomic mass is 10.9. The molecule has 0 fully saturated rings. The summed E-state index contributed by atoms with van der Waals surface area (Å²) in [4.78, 5) is 13.3. The van der Waals surface area contributed by atoms with Crippen molar-refractivity contribution in [1.82, 2.24) is 26.0 Å². The highest BCUT2D eigenvalue weighted by Crippen LogP contribution is 1.59. The Labute approximate surface area is 68.3 Å². The summed E-state index contributed by atoms with van der Waals surface area (Å²) in [6.07, 6.45) is 4.49. The van der Waals surface area contributed by atoms with Crippen LogP contribution in [0.3, 0.4) is 0 Å². The van der Waals surface area contributed by atoms with E-state index in [9.17, 15) is 4.79 Å². The molecule has 1 aromatic heterocycles. The van der Waals surface area contributed by atoms with Gasteiger partial charge in [-0.2, -0.15) is 5.10 Å². The molecular formula is C4H9N7O. The number of hydrazine groups is 2. The minimum atomic E-state index is -0.602. The second-order valence-corrected chi connectivity index (χ2v) is 1.41. The maximum atomic E-state index is 9.71. The number of carbonyl (C=O) groups is 1. The molecule has 0 unspecified atom stereocenters. The first-order valence-electron chi connectivity index (χ1n) is 2.85. The first-order chi connectivity index (χ1) is 5.81. The maximum absolute atomic E-state index is 9.71. The fourth-order valence-corrected chi connectivity index (χ4v) is 0.247. The van der Waals surface area contributed by atoms with Gasteiger partial charge in [0.15, 0.2) is 0 Å². The van der Waals surface area contributed by atoms with Crippen molar-refractivity contribution in [2.75, 3.05) is 0 Å². The standard InChI is InChI=1S/C3H3N3.CH6N4O/c1-2-5-6-3-4-1;2-4-1(6)5-3/h1-3H;2-3H2,(H2,4,5,6). The van der Waals surface area contributed by atoms with E-state index in [2.05, 4.69) is 26.9 Å². The highest BCUT2D eigenvalue weighted by Gasteiger charge is 1.83. The molecule has 0 radical (unpaired) electrons. The number of carbonyl (C=O) groups excluding carboxylic acids is 1. The van der Waals surface area contributed by atoms with Gasteiger partial charge in [0.25, 0.3) is 0 Å². The molecule has 1 heterocycles. The number of aromatic nitrogens is 3. The molecule has 2 amide bonds. The third-order valence-corrected chi connectivity index (χ3v) is 0.667. The topological polar surface area (TPSA) is 132 Å². The van der Waals surface area contributed by atoms with Crippen LogP contribution >= 0.6 is 0 Å². The van der Waals surface area contributed by atoms with Crippen molar-refractivity contribution in [2.24, 2.45) is 11.7 Å². The molecule has 1 rings (SSSR count). The number of hydrogen-bond donors (Lipinski definition) is 4. The number of hydrogen-bond acceptors (Lipinski definition) is 6. The smallest absolute Gasteiger partial charge is 0.275 e. The average molecular weight is 171 g/mol. The zero-order valence-corrected chi connectivity index (χ0v) is 6.14. The number of nitrogens with one attached hydrogen (secondary N) is 2. The molecule has 8 nitrogen and oxygen atoms in total. The molecule has 6 N–H and O–H groups in total. The Morgan fingerprint density at radius 3 is 1.92 bits per heavy atom. The van der Waals surface area contributed by atoms with Crippen LogP contribution in [0, 0.1) is 0 Å². The van der Waals surface area contributed by atoms with E-state index in [0.29, 0.717) is 0 Å². The van der Waals surface area contributed by atoms with Crippen LogP contribution in [-0.2, 0) is 0 Å². The van der Waals surface area contributed by atoms with Gasteiger partial charge in [-0.15, -0.1) is 5.10 Å². The van der Waals surface area contributed by atoms with E-state index >= 15 is 0 Å². The van der Waals surface area contributed by atoms with E-state index in [4.69, 9.17) is 0 Å². The maximum Gasteiger partial charge on any atom is 0.343 e. The Hall–Kier alpha value is -1.80. The van der Waals surface area contributed by atoms with E-state index < -0.39 is 6.03 Å². The normalized spacial score (nSPS) is 7.50. The van der Waals surface area contributed by atoms with Crippen molar-refractivity contribution in [3.05, 3.63) is 18.7 Å². The Morgan fingerprint density at radius 1 is 1.17 bits per heavy atom. The number of nitrogens with zero attached hydrogens (tertiary/aromatic N) is 3. The molecule has 0 spiro atoms. The molecule has 0 saturated heterocycles. The molecule has 0 saturated carbocycles. The van der Waals surface area contributed by atoms with Crippen LogP contribution in [0.15, 0.2) is 18.7 Å². The van der Waals surface area contributed by atoms with E-state index in [1.165, 1.54) is 12.5 Å². The average Bonchev–Trinajstić information content (AvgIpc) is 2.20. The largest absolute Gasteiger partial charge is 0.343 e. The van der Waals surface area contributed by atoms with Crippen molar-refractivity contribution in [2.45, 2.75) is 0 Å². The second-order valence-electron chi connectivity index (χ2n) is 1.41. The lowest BCUT2D eigenvalue weighted by Gasteiger charge is -1.90. The van der Waals surface area contributed by atoms with Crippen LogP contribution in [0.2, 0.25) is 0 Å². The van der Waals surface area contributed by atoms with Gasteiger partial charge in [0.1, 0.15) is 6.33 Å². The van der Waals surface area contributed by atoms with Gasteiger partial charge in [-0.25, -0.2) is 21.5 Å².